The number of hydrogen-bond acceptors (Lipinski definition) is 4. The molecule has 0 aliphatic carbocycles. The zero-order chi connectivity index (χ0) is 14.9. The molecule has 7 heteroatoms. The minimum atomic E-state index is -1.16. The molecule has 1 unspecified atom stereocenters. The Kier molecular flexibility index (Phi) is 3.89. The van der Waals surface area contributed by atoms with Crippen LogP contribution < -0.4 is 0 Å². The lowest BCUT2D eigenvalue weighted by atomic mass is 9.88. The van der Waals surface area contributed by atoms with Gasteiger partial charge in [0.05, 0.1) is 6.04 Å². The molecule has 20 heavy (non-hydrogen) atoms. The van der Waals surface area contributed by atoms with Crippen molar-refractivity contribution < 1.29 is 19.9 Å². The smallest absolute Gasteiger partial charge is 0.407 e. The summed E-state index contributed by atoms with van der Waals surface area (Å²) in [5.74, 6) is 0. The number of carbonyl (C=O) groups is 1. The van der Waals surface area contributed by atoms with Crippen molar-refractivity contribution >= 4 is 6.09 Å². The highest BCUT2D eigenvalue weighted by atomic mass is 16.6. The summed E-state index contributed by atoms with van der Waals surface area (Å²) in [6, 6.07) is 4.84. The summed E-state index contributed by atoms with van der Waals surface area (Å²) in [4.78, 5) is 22.4. The molecule has 2 atom stereocenters. The van der Waals surface area contributed by atoms with Crippen LogP contribution in [0, 0.1) is 10.1 Å². The van der Waals surface area contributed by atoms with Gasteiger partial charge < -0.3 is 15.1 Å². The van der Waals surface area contributed by atoms with Crippen molar-refractivity contribution in [3.63, 3.8) is 0 Å². The molecule has 0 saturated carbocycles. The van der Waals surface area contributed by atoms with E-state index in [1.165, 1.54) is 4.90 Å². The van der Waals surface area contributed by atoms with Crippen molar-refractivity contribution in [2.45, 2.75) is 25.5 Å². The lowest BCUT2D eigenvalue weighted by Gasteiger charge is -2.34. The second kappa shape index (κ2) is 5.46. The van der Waals surface area contributed by atoms with Gasteiger partial charge in [0.2, 0.25) is 6.54 Å². The van der Waals surface area contributed by atoms with Crippen LogP contribution in [-0.4, -0.2) is 39.2 Å². The van der Waals surface area contributed by atoms with Gasteiger partial charge in [0.15, 0.2) is 0 Å². The monoisotopic (exact) mass is 280 g/mol. The molecule has 108 valence electrons. The molecule has 0 aromatic heterocycles. The second-order valence-electron chi connectivity index (χ2n) is 4.85. The van der Waals surface area contributed by atoms with Gasteiger partial charge >= 0.3 is 6.09 Å². The summed E-state index contributed by atoms with van der Waals surface area (Å²) in [7, 11) is 0. The SMILES string of the molecule is C[C@H]1c2cccc(C(O)C[N+](=O)[O-])c2CCN1C(=O)O. The maximum absolute atomic E-state index is 11.1. The van der Waals surface area contributed by atoms with E-state index in [9.17, 15) is 20.0 Å². The molecule has 0 bridgehead atoms. The molecule has 2 N–H and O–H groups in total. The second-order valence-corrected chi connectivity index (χ2v) is 4.85. The van der Waals surface area contributed by atoms with Gasteiger partial charge in [0, 0.05) is 11.5 Å². The van der Waals surface area contributed by atoms with Crippen LogP contribution in [0.15, 0.2) is 18.2 Å². The van der Waals surface area contributed by atoms with E-state index in [1.807, 2.05) is 0 Å². The summed E-state index contributed by atoms with van der Waals surface area (Å²) in [5.41, 5.74) is 2.15. The Morgan fingerprint density at radius 2 is 2.30 bits per heavy atom. The fourth-order valence-electron chi connectivity index (χ4n) is 2.71. The Bertz CT molecular complexity index is 531. The van der Waals surface area contributed by atoms with Crippen LogP contribution in [-0.2, 0) is 6.42 Å². The number of rotatable bonds is 3. The first-order valence-electron chi connectivity index (χ1n) is 6.33. The van der Waals surface area contributed by atoms with Gasteiger partial charge in [-0.1, -0.05) is 18.2 Å². The summed E-state index contributed by atoms with van der Waals surface area (Å²) in [6.45, 7) is 1.55. The molecule has 2 rings (SSSR count). The van der Waals surface area contributed by atoms with Gasteiger partial charge in [-0.2, -0.15) is 0 Å². The number of aliphatic hydroxyl groups is 1. The van der Waals surface area contributed by atoms with E-state index < -0.39 is 23.7 Å². The fraction of sp³-hybridized carbons (Fsp3) is 0.462. The van der Waals surface area contributed by atoms with Gasteiger partial charge in [0.1, 0.15) is 6.10 Å². The van der Waals surface area contributed by atoms with Crippen LogP contribution in [0.3, 0.4) is 0 Å². The Hall–Kier alpha value is -2.15. The van der Waals surface area contributed by atoms with Crippen molar-refractivity contribution in [2.24, 2.45) is 0 Å². The summed E-state index contributed by atoms with van der Waals surface area (Å²) < 4.78 is 0. The van der Waals surface area contributed by atoms with E-state index in [2.05, 4.69) is 0 Å². The van der Waals surface area contributed by atoms with Crippen molar-refractivity contribution in [3.8, 4) is 0 Å². The molecule has 1 aromatic rings. The normalized spacial score (nSPS) is 19.3. The molecular formula is C13H16N2O5. The molecule has 0 fully saturated rings. The first kappa shape index (κ1) is 14.3. The molecule has 7 nitrogen and oxygen atoms in total. The number of benzene rings is 1. The number of fused-ring (bicyclic) bond motifs is 1. The number of amides is 1. The highest BCUT2D eigenvalue weighted by Gasteiger charge is 2.30. The average molecular weight is 280 g/mol. The summed E-state index contributed by atoms with van der Waals surface area (Å²) in [5, 5.41) is 29.6. The van der Waals surface area contributed by atoms with Gasteiger partial charge in [0.25, 0.3) is 0 Å². The van der Waals surface area contributed by atoms with E-state index >= 15 is 0 Å². The molecule has 0 saturated heterocycles. The number of aliphatic hydroxyl groups excluding tert-OH is 1. The first-order valence-corrected chi connectivity index (χ1v) is 6.33. The van der Waals surface area contributed by atoms with Crippen LogP contribution in [0.1, 0.15) is 35.8 Å². The Morgan fingerprint density at radius 3 is 2.90 bits per heavy atom. The van der Waals surface area contributed by atoms with E-state index in [-0.39, 0.29) is 6.04 Å². The zero-order valence-electron chi connectivity index (χ0n) is 11.0. The molecule has 1 aromatic carbocycles. The maximum atomic E-state index is 11.1. The average Bonchev–Trinajstić information content (AvgIpc) is 2.37. The van der Waals surface area contributed by atoms with Crippen LogP contribution in [0.25, 0.3) is 0 Å². The minimum Gasteiger partial charge on any atom is -0.465 e. The largest absolute Gasteiger partial charge is 0.465 e. The van der Waals surface area contributed by atoms with Crippen molar-refractivity contribution in [2.75, 3.05) is 13.1 Å². The number of nitro groups is 1. The minimum absolute atomic E-state index is 0.320. The van der Waals surface area contributed by atoms with E-state index in [1.54, 1.807) is 25.1 Å². The number of carboxylic acid groups (broad SMARTS) is 1. The third kappa shape index (κ3) is 2.57. The Labute approximate surface area is 115 Å². The number of hydrogen-bond donors (Lipinski definition) is 2. The van der Waals surface area contributed by atoms with E-state index in [4.69, 9.17) is 5.11 Å². The molecule has 1 aliphatic heterocycles. The molecular weight excluding hydrogens is 264 g/mol. The number of nitrogens with zero attached hydrogens (tertiary/aromatic N) is 2. The predicted molar refractivity (Wildman–Crippen MR) is 70.1 cm³/mol. The summed E-state index contributed by atoms with van der Waals surface area (Å²) >= 11 is 0. The summed E-state index contributed by atoms with van der Waals surface area (Å²) in [6.07, 6.45) is -1.69. The molecule has 0 radical (unpaired) electrons. The van der Waals surface area contributed by atoms with Crippen LogP contribution >= 0.6 is 0 Å². The fourth-order valence-corrected chi connectivity index (χ4v) is 2.71. The molecule has 0 spiro atoms. The van der Waals surface area contributed by atoms with Gasteiger partial charge in [-0.3, -0.25) is 10.1 Å². The van der Waals surface area contributed by atoms with Crippen molar-refractivity contribution in [1.82, 2.24) is 4.90 Å². The van der Waals surface area contributed by atoms with Crippen molar-refractivity contribution in [3.05, 3.63) is 45.0 Å². The Morgan fingerprint density at radius 1 is 1.60 bits per heavy atom. The van der Waals surface area contributed by atoms with Crippen LogP contribution in [0.5, 0.6) is 0 Å². The third-order valence-electron chi connectivity index (χ3n) is 3.70. The lowest BCUT2D eigenvalue weighted by molar-refractivity contribution is -0.491. The Balaban J connectivity index is 2.36. The van der Waals surface area contributed by atoms with Crippen LogP contribution in [0.2, 0.25) is 0 Å². The van der Waals surface area contributed by atoms with Crippen molar-refractivity contribution in [1.29, 1.82) is 0 Å². The van der Waals surface area contributed by atoms with Gasteiger partial charge in [-0.25, -0.2) is 4.79 Å². The molecule has 1 amide bonds. The quantitative estimate of drug-likeness (QED) is 0.646. The lowest BCUT2D eigenvalue weighted by Crippen LogP contribution is -2.38. The first-order chi connectivity index (χ1) is 9.41. The predicted octanol–water partition coefficient (Wildman–Crippen LogP) is 1.59. The zero-order valence-corrected chi connectivity index (χ0v) is 11.0. The molecule has 1 aliphatic rings. The highest BCUT2D eigenvalue weighted by Crippen LogP contribution is 2.33. The third-order valence-corrected chi connectivity index (χ3v) is 3.70. The maximum Gasteiger partial charge on any atom is 0.407 e. The van der Waals surface area contributed by atoms with E-state index in [0.29, 0.717) is 18.5 Å². The van der Waals surface area contributed by atoms with Crippen LogP contribution in [0.4, 0.5) is 4.79 Å². The highest BCUT2D eigenvalue weighted by molar-refractivity contribution is 5.66. The standard InChI is InChI=1S/C13H16N2O5/c1-8-9-3-2-4-11(12(16)7-15(19)20)10(9)5-6-14(8)13(17)18/h2-4,8,12,16H,5-7H2,1H3,(H,17,18)/t8-,12?/m0/s1. The van der Waals surface area contributed by atoms with E-state index in [0.717, 1.165) is 11.1 Å². The molecule has 1 heterocycles. The topological polar surface area (TPSA) is 104 Å². The van der Waals surface area contributed by atoms with Gasteiger partial charge in [-0.05, 0) is 30.0 Å². The van der Waals surface area contributed by atoms with Gasteiger partial charge in [-0.15, -0.1) is 0 Å².